The smallest absolute Gasteiger partial charge is 0.303 e. The first kappa shape index (κ1) is 20.0. The molecule has 0 amide bonds. The molecule has 1 aliphatic heterocycles. The Morgan fingerprint density at radius 3 is 2.00 bits per heavy atom. The molecule has 2 unspecified atom stereocenters. The highest BCUT2D eigenvalue weighted by atomic mass is 16.6. The van der Waals surface area contributed by atoms with Crippen LogP contribution in [0, 0.1) is 0 Å². The second-order valence-corrected chi connectivity index (χ2v) is 6.43. The summed E-state index contributed by atoms with van der Waals surface area (Å²) >= 11 is 0. The average Bonchev–Trinajstić information content (AvgIpc) is 3.29. The number of carboxylic acids is 1. The quantitative estimate of drug-likeness (QED) is 0.241. The van der Waals surface area contributed by atoms with Gasteiger partial charge >= 0.3 is 5.97 Å². The van der Waals surface area contributed by atoms with Crippen molar-refractivity contribution in [2.75, 3.05) is 0 Å². The van der Waals surface area contributed by atoms with E-state index in [1.165, 1.54) is 32.1 Å². The molecule has 1 N–H and O–H groups in total. The van der Waals surface area contributed by atoms with Crippen LogP contribution in [0.3, 0.4) is 0 Å². The van der Waals surface area contributed by atoms with E-state index in [0.29, 0.717) is 18.6 Å². The van der Waals surface area contributed by atoms with Crippen LogP contribution in [0.4, 0.5) is 0 Å². The molecule has 1 aliphatic rings. The largest absolute Gasteiger partial charge is 0.481 e. The van der Waals surface area contributed by atoms with Gasteiger partial charge in [0.15, 0.2) is 0 Å². The molecule has 0 aromatic rings. The minimum atomic E-state index is -0.675. The number of allylic oxidation sites excluding steroid dienone is 3. The number of hydrogen-bond acceptors (Lipinski definition) is 2. The van der Waals surface area contributed by atoms with Gasteiger partial charge in [-0.05, 0) is 57.8 Å². The number of rotatable bonds is 15. The number of unbranched alkanes of at least 4 members (excludes halogenated alkanes) is 7. The van der Waals surface area contributed by atoms with Crippen LogP contribution in [0.1, 0.15) is 84.0 Å². The summed E-state index contributed by atoms with van der Waals surface area (Å²) in [5, 5.41) is 8.53. The third-order valence-corrected chi connectivity index (χ3v) is 4.29. The summed E-state index contributed by atoms with van der Waals surface area (Å²) in [6.45, 7) is 2.18. The Bertz CT molecular complexity index is 360. The summed E-state index contributed by atoms with van der Waals surface area (Å²) in [5.74, 6) is -0.675. The maximum Gasteiger partial charge on any atom is 0.303 e. The van der Waals surface area contributed by atoms with E-state index >= 15 is 0 Å². The van der Waals surface area contributed by atoms with Crippen LogP contribution in [0.15, 0.2) is 24.3 Å². The topological polar surface area (TPSA) is 49.8 Å². The molecule has 3 heteroatoms. The monoisotopic (exact) mass is 322 g/mol. The molecule has 1 saturated heterocycles. The van der Waals surface area contributed by atoms with E-state index in [1.54, 1.807) is 0 Å². The standard InChI is InChI=1S/C20H34O3/c1-2-18-19(23-18)16-14-12-10-8-6-4-3-5-7-9-11-13-15-17-20(21)22/h3,5,12,14,18-19H,2,4,6-11,13,15-17H2,1H3,(H,21,22)/b5-3-,14-12-. The average molecular weight is 322 g/mol. The van der Waals surface area contributed by atoms with Crippen LogP contribution >= 0.6 is 0 Å². The molecule has 0 saturated carbocycles. The third-order valence-electron chi connectivity index (χ3n) is 4.29. The second-order valence-electron chi connectivity index (χ2n) is 6.43. The summed E-state index contributed by atoms with van der Waals surface area (Å²) < 4.78 is 5.50. The first-order chi connectivity index (χ1) is 11.2. The van der Waals surface area contributed by atoms with E-state index in [2.05, 4.69) is 31.2 Å². The van der Waals surface area contributed by atoms with Crippen molar-refractivity contribution in [3.05, 3.63) is 24.3 Å². The number of aliphatic carboxylic acids is 1. The van der Waals surface area contributed by atoms with Crippen LogP contribution in [-0.4, -0.2) is 23.3 Å². The third kappa shape index (κ3) is 12.1. The molecule has 0 aliphatic carbocycles. The normalized spacial score (nSPS) is 20.6. The van der Waals surface area contributed by atoms with Gasteiger partial charge < -0.3 is 9.84 Å². The van der Waals surface area contributed by atoms with Gasteiger partial charge in [0.1, 0.15) is 0 Å². The highest BCUT2D eigenvalue weighted by Crippen LogP contribution is 2.28. The molecular formula is C20H34O3. The minimum Gasteiger partial charge on any atom is -0.481 e. The van der Waals surface area contributed by atoms with Crippen LogP contribution in [-0.2, 0) is 9.53 Å². The number of epoxide rings is 1. The van der Waals surface area contributed by atoms with Crippen LogP contribution < -0.4 is 0 Å². The Labute approximate surface area is 141 Å². The maximum atomic E-state index is 10.4. The van der Waals surface area contributed by atoms with Crippen molar-refractivity contribution >= 4 is 5.97 Å². The predicted octanol–water partition coefficient (Wildman–Crippen LogP) is 5.65. The Morgan fingerprint density at radius 2 is 1.43 bits per heavy atom. The van der Waals surface area contributed by atoms with Crippen molar-refractivity contribution in [2.45, 2.75) is 96.2 Å². The highest BCUT2D eigenvalue weighted by molar-refractivity contribution is 5.66. The fraction of sp³-hybridized carbons (Fsp3) is 0.750. The lowest BCUT2D eigenvalue weighted by molar-refractivity contribution is -0.137. The lowest BCUT2D eigenvalue weighted by Crippen LogP contribution is -1.93. The van der Waals surface area contributed by atoms with E-state index < -0.39 is 5.97 Å². The van der Waals surface area contributed by atoms with Gasteiger partial charge in [-0.2, -0.15) is 0 Å². The molecule has 132 valence electrons. The zero-order valence-electron chi connectivity index (χ0n) is 14.7. The van der Waals surface area contributed by atoms with E-state index in [9.17, 15) is 4.79 Å². The number of ether oxygens (including phenoxy) is 1. The molecule has 0 aromatic carbocycles. The Balaban J connectivity index is 1.76. The maximum absolute atomic E-state index is 10.4. The van der Waals surface area contributed by atoms with Gasteiger partial charge in [-0.1, -0.05) is 44.1 Å². The summed E-state index contributed by atoms with van der Waals surface area (Å²) in [5.41, 5.74) is 0. The van der Waals surface area contributed by atoms with Crippen molar-refractivity contribution < 1.29 is 14.6 Å². The number of carbonyl (C=O) groups is 1. The molecule has 0 spiro atoms. The fourth-order valence-electron chi connectivity index (χ4n) is 2.75. The molecule has 1 fully saturated rings. The Hall–Kier alpha value is -1.09. The molecule has 0 aromatic heterocycles. The van der Waals surface area contributed by atoms with Gasteiger partial charge in [0.25, 0.3) is 0 Å². The summed E-state index contributed by atoms with van der Waals surface area (Å²) in [6, 6.07) is 0. The van der Waals surface area contributed by atoms with E-state index in [4.69, 9.17) is 9.84 Å². The predicted molar refractivity (Wildman–Crippen MR) is 95.7 cm³/mol. The molecule has 2 atom stereocenters. The van der Waals surface area contributed by atoms with E-state index in [0.717, 1.165) is 38.5 Å². The molecular weight excluding hydrogens is 288 g/mol. The molecule has 23 heavy (non-hydrogen) atoms. The van der Waals surface area contributed by atoms with E-state index in [1.807, 2.05) is 0 Å². The Kier molecular flexibility index (Phi) is 11.6. The van der Waals surface area contributed by atoms with Gasteiger partial charge in [0.2, 0.25) is 0 Å². The zero-order valence-corrected chi connectivity index (χ0v) is 14.7. The molecule has 0 radical (unpaired) electrons. The minimum absolute atomic E-state index is 0.317. The van der Waals surface area contributed by atoms with Crippen molar-refractivity contribution in [3.8, 4) is 0 Å². The summed E-state index contributed by atoms with van der Waals surface area (Å²) in [6.07, 6.45) is 22.9. The molecule has 3 nitrogen and oxygen atoms in total. The van der Waals surface area contributed by atoms with Crippen LogP contribution in [0.5, 0.6) is 0 Å². The van der Waals surface area contributed by atoms with Crippen molar-refractivity contribution in [1.82, 2.24) is 0 Å². The lowest BCUT2D eigenvalue weighted by Gasteiger charge is -1.97. The van der Waals surface area contributed by atoms with Crippen molar-refractivity contribution in [1.29, 1.82) is 0 Å². The summed E-state index contributed by atoms with van der Waals surface area (Å²) in [4.78, 5) is 10.4. The lowest BCUT2D eigenvalue weighted by atomic mass is 10.1. The van der Waals surface area contributed by atoms with E-state index in [-0.39, 0.29) is 0 Å². The van der Waals surface area contributed by atoms with Gasteiger partial charge in [0.05, 0.1) is 12.2 Å². The SMILES string of the molecule is CCC1OC1C/C=C\CCCC/C=C\CCCCCCC(=O)O. The molecule has 0 bridgehead atoms. The van der Waals surface area contributed by atoms with Crippen molar-refractivity contribution in [2.24, 2.45) is 0 Å². The first-order valence-corrected chi connectivity index (χ1v) is 9.41. The Morgan fingerprint density at radius 1 is 0.870 bits per heavy atom. The molecule has 1 heterocycles. The fourth-order valence-corrected chi connectivity index (χ4v) is 2.75. The summed E-state index contributed by atoms with van der Waals surface area (Å²) in [7, 11) is 0. The van der Waals surface area contributed by atoms with Gasteiger partial charge in [0, 0.05) is 6.42 Å². The zero-order chi connectivity index (χ0) is 16.8. The van der Waals surface area contributed by atoms with Gasteiger partial charge in [-0.3, -0.25) is 4.79 Å². The first-order valence-electron chi connectivity index (χ1n) is 9.41. The van der Waals surface area contributed by atoms with Gasteiger partial charge in [-0.25, -0.2) is 0 Å². The number of carboxylic acid groups (broad SMARTS) is 1. The molecule has 1 rings (SSSR count). The number of hydrogen-bond donors (Lipinski definition) is 1. The second kappa shape index (κ2) is 13.4. The van der Waals surface area contributed by atoms with Crippen molar-refractivity contribution in [3.63, 3.8) is 0 Å². The van der Waals surface area contributed by atoms with Gasteiger partial charge in [-0.15, -0.1) is 0 Å². The van der Waals surface area contributed by atoms with Crippen LogP contribution in [0.2, 0.25) is 0 Å². The highest BCUT2D eigenvalue weighted by Gasteiger charge is 2.35. The van der Waals surface area contributed by atoms with Crippen LogP contribution in [0.25, 0.3) is 0 Å².